The van der Waals surface area contributed by atoms with E-state index in [9.17, 15) is 9.59 Å². The summed E-state index contributed by atoms with van der Waals surface area (Å²) in [5.74, 6) is -1.17. The predicted molar refractivity (Wildman–Crippen MR) is 76.4 cm³/mol. The zero-order valence-electron chi connectivity index (χ0n) is 11.7. The lowest BCUT2D eigenvalue weighted by Crippen LogP contribution is -2.33. The summed E-state index contributed by atoms with van der Waals surface area (Å²) in [5.41, 5.74) is 1.98. The molecule has 0 aliphatic carbocycles. The van der Waals surface area contributed by atoms with Crippen molar-refractivity contribution < 1.29 is 23.8 Å². The Morgan fingerprint density at radius 3 is 2.82 bits per heavy atom. The molecule has 6 heteroatoms. The zero-order valence-corrected chi connectivity index (χ0v) is 11.7. The van der Waals surface area contributed by atoms with E-state index >= 15 is 0 Å². The first-order valence-corrected chi connectivity index (χ1v) is 6.94. The highest BCUT2D eigenvalue weighted by Gasteiger charge is 2.27. The molecule has 2 heterocycles. The first-order chi connectivity index (χ1) is 10.6. The molecule has 1 atom stereocenters. The Kier molecular flexibility index (Phi) is 3.93. The van der Waals surface area contributed by atoms with Gasteiger partial charge in [0.2, 0.25) is 5.76 Å². The summed E-state index contributed by atoms with van der Waals surface area (Å²) >= 11 is 0. The average Bonchev–Trinajstić information content (AvgIpc) is 3.01. The largest absolute Gasteiger partial charge is 0.475 e. The number of hydrogen-bond acceptors (Lipinski definition) is 4. The van der Waals surface area contributed by atoms with Crippen molar-refractivity contribution >= 4 is 11.9 Å². The van der Waals surface area contributed by atoms with Crippen LogP contribution in [-0.4, -0.2) is 23.6 Å². The number of furan rings is 1. The van der Waals surface area contributed by atoms with Gasteiger partial charge in [0.1, 0.15) is 5.76 Å². The van der Waals surface area contributed by atoms with Crippen LogP contribution < -0.4 is 5.32 Å². The minimum absolute atomic E-state index is 0.119. The maximum atomic E-state index is 12.3. The molecule has 1 amide bonds. The third-order valence-corrected chi connectivity index (χ3v) is 3.54. The van der Waals surface area contributed by atoms with Crippen LogP contribution in [0.3, 0.4) is 0 Å². The van der Waals surface area contributed by atoms with Crippen LogP contribution in [-0.2, 0) is 22.5 Å². The number of nitrogens with one attached hydrogen (secondary N) is 1. The van der Waals surface area contributed by atoms with Crippen LogP contribution >= 0.6 is 0 Å². The van der Waals surface area contributed by atoms with Gasteiger partial charge < -0.3 is 19.6 Å². The maximum absolute atomic E-state index is 12.3. The van der Waals surface area contributed by atoms with Gasteiger partial charge in [0.25, 0.3) is 5.91 Å². The monoisotopic (exact) mass is 301 g/mol. The summed E-state index contributed by atoms with van der Waals surface area (Å²) in [6.07, 6.45) is 0.152. The molecule has 0 fully saturated rings. The number of benzene rings is 1. The number of amides is 1. The highest BCUT2D eigenvalue weighted by atomic mass is 16.5. The third kappa shape index (κ3) is 2.87. The predicted octanol–water partition coefficient (Wildman–Crippen LogP) is 1.91. The Morgan fingerprint density at radius 1 is 1.23 bits per heavy atom. The van der Waals surface area contributed by atoms with Crippen molar-refractivity contribution in [2.75, 3.05) is 6.61 Å². The van der Waals surface area contributed by atoms with Crippen LogP contribution in [0.15, 0.2) is 40.8 Å². The molecule has 0 unspecified atom stereocenters. The fraction of sp³-hybridized carbons (Fsp3) is 0.250. The van der Waals surface area contributed by atoms with Crippen LogP contribution in [0.4, 0.5) is 0 Å². The van der Waals surface area contributed by atoms with Gasteiger partial charge in [-0.3, -0.25) is 4.79 Å². The summed E-state index contributed by atoms with van der Waals surface area (Å²) < 4.78 is 10.7. The average molecular weight is 301 g/mol. The number of carbonyl (C=O) groups is 2. The zero-order chi connectivity index (χ0) is 15.5. The van der Waals surface area contributed by atoms with Crippen LogP contribution in [0.1, 0.15) is 33.5 Å². The van der Waals surface area contributed by atoms with E-state index < -0.39 is 12.1 Å². The summed E-state index contributed by atoms with van der Waals surface area (Å²) in [7, 11) is 0. The molecule has 0 bridgehead atoms. The van der Waals surface area contributed by atoms with Gasteiger partial charge in [0.15, 0.2) is 6.10 Å². The Labute approximate surface area is 126 Å². The standard InChI is InChI=1S/C16H15NO5/c18-15(17-9-11-5-6-13(22-11)16(19)20)14-12-4-2-1-3-10(12)7-8-21-14/h1-6,14H,7-9H2,(H,17,18)(H,19,20)/t14-/m0/s1. The molecule has 1 aromatic carbocycles. The molecule has 0 radical (unpaired) electrons. The molecule has 2 aromatic rings. The number of hydrogen-bond donors (Lipinski definition) is 2. The van der Waals surface area contributed by atoms with E-state index in [1.807, 2.05) is 24.3 Å². The van der Waals surface area contributed by atoms with Crippen molar-refractivity contribution in [1.29, 1.82) is 0 Å². The highest BCUT2D eigenvalue weighted by molar-refractivity contribution is 5.84. The molecule has 22 heavy (non-hydrogen) atoms. The van der Waals surface area contributed by atoms with Gasteiger partial charge in [-0.2, -0.15) is 0 Å². The maximum Gasteiger partial charge on any atom is 0.371 e. The topological polar surface area (TPSA) is 88.8 Å². The molecule has 114 valence electrons. The number of rotatable bonds is 4. The summed E-state index contributed by atoms with van der Waals surface area (Å²) in [4.78, 5) is 23.0. The fourth-order valence-corrected chi connectivity index (χ4v) is 2.47. The third-order valence-electron chi connectivity index (χ3n) is 3.54. The summed E-state index contributed by atoms with van der Waals surface area (Å²) in [6.45, 7) is 0.618. The molecular formula is C16H15NO5. The van der Waals surface area contributed by atoms with Gasteiger partial charge >= 0.3 is 5.97 Å². The first kappa shape index (κ1) is 14.3. The van der Waals surface area contributed by atoms with Gasteiger partial charge in [0.05, 0.1) is 13.2 Å². The Hall–Kier alpha value is -2.60. The van der Waals surface area contributed by atoms with E-state index in [1.165, 1.54) is 12.1 Å². The second kappa shape index (κ2) is 6.03. The molecule has 6 nitrogen and oxygen atoms in total. The van der Waals surface area contributed by atoms with Crippen molar-refractivity contribution in [3.63, 3.8) is 0 Å². The van der Waals surface area contributed by atoms with Crippen LogP contribution in [0.2, 0.25) is 0 Å². The van der Waals surface area contributed by atoms with E-state index in [2.05, 4.69) is 5.32 Å². The Bertz CT molecular complexity index is 706. The van der Waals surface area contributed by atoms with Gasteiger partial charge in [-0.05, 0) is 29.7 Å². The lowest BCUT2D eigenvalue weighted by molar-refractivity contribution is -0.134. The van der Waals surface area contributed by atoms with Crippen molar-refractivity contribution in [3.05, 3.63) is 59.0 Å². The quantitative estimate of drug-likeness (QED) is 0.900. The SMILES string of the molecule is O=C(O)c1ccc(CNC(=O)[C@H]2OCCc3ccccc32)o1. The number of aromatic carboxylic acids is 1. The fourth-order valence-electron chi connectivity index (χ4n) is 2.47. The van der Waals surface area contributed by atoms with Gasteiger partial charge in [0, 0.05) is 0 Å². The molecule has 0 spiro atoms. The Morgan fingerprint density at radius 2 is 2.05 bits per heavy atom. The number of carbonyl (C=O) groups excluding carboxylic acids is 1. The molecule has 0 saturated heterocycles. The minimum atomic E-state index is -1.14. The highest BCUT2D eigenvalue weighted by Crippen LogP contribution is 2.27. The first-order valence-electron chi connectivity index (χ1n) is 6.94. The van der Waals surface area contributed by atoms with Crippen LogP contribution in [0, 0.1) is 0 Å². The second-order valence-corrected chi connectivity index (χ2v) is 4.99. The van der Waals surface area contributed by atoms with Gasteiger partial charge in [-0.15, -0.1) is 0 Å². The van der Waals surface area contributed by atoms with E-state index in [-0.39, 0.29) is 18.2 Å². The molecule has 2 N–H and O–H groups in total. The summed E-state index contributed by atoms with van der Waals surface area (Å²) in [6, 6.07) is 10.6. The normalized spacial score (nSPS) is 16.8. The smallest absolute Gasteiger partial charge is 0.371 e. The molecule has 0 saturated carbocycles. The van der Waals surface area contributed by atoms with Crippen molar-refractivity contribution in [3.8, 4) is 0 Å². The molecule has 1 aromatic heterocycles. The number of ether oxygens (including phenoxy) is 1. The number of carboxylic acids is 1. The van der Waals surface area contributed by atoms with Crippen LogP contribution in [0.25, 0.3) is 0 Å². The summed E-state index contributed by atoms with van der Waals surface area (Å²) in [5, 5.41) is 11.5. The van der Waals surface area contributed by atoms with Crippen LogP contribution in [0.5, 0.6) is 0 Å². The second-order valence-electron chi connectivity index (χ2n) is 4.99. The van der Waals surface area contributed by atoms with E-state index in [1.54, 1.807) is 0 Å². The van der Waals surface area contributed by atoms with Crippen molar-refractivity contribution in [1.82, 2.24) is 5.32 Å². The number of carboxylic acid groups (broad SMARTS) is 1. The van der Waals surface area contributed by atoms with Crippen molar-refractivity contribution in [2.24, 2.45) is 0 Å². The van der Waals surface area contributed by atoms with E-state index in [0.29, 0.717) is 12.4 Å². The molecule has 3 rings (SSSR count). The molecule has 1 aliphatic rings. The van der Waals surface area contributed by atoms with E-state index in [0.717, 1.165) is 17.5 Å². The lowest BCUT2D eigenvalue weighted by Gasteiger charge is -2.25. The Balaban J connectivity index is 1.66. The molecular weight excluding hydrogens is 286 g/mol. The van der Waals surface area contributed by atoms with Gasteiger partial charge in [-0.1, -0.05) is 24.3 Å². The lowest BCUT2D eigenvalue weighted by atomic mass is 9.97. The minimum Gasteiger partial charge on any atom is -0.475 e. The molecule has 1 aliphatic heterocycles. The van der Waals surface area contributed by atoms with Gasteiger partial charge in [-0.25, -0.2) is 4.79 Å². The van der Waals surface area contributed by atoms with Crippen molar-refractivity contribution in [2.45, 2.75) is 19.1 Å². The van der Waals surface area contributed by atoms with E-state index in [4.69, 9.17) is 14.3 Å². The number of fused-ring (bicyclic) bond motifs is 1.